The maximum Gasteiger partial charge on any atom is 0.416 e. The van der Waals surface area contributed by atoms with Gasteiger partial charge in [-0.2, -0.15) is 30.6 Å². The number of alkyl halides is 6. The summed E-state index contributed by atoms with van der Waals surface area (Å²) in [5, 5.41) is 2.21. The highest BCUT2D eigenvalue weighted by Crippen LogP contribution is 2.37. The molecule has 38 heavy (non-hydrogen) atoms. The van der Waals surface area contributed by atoms with E-state index in [-0.39, 0.29) is 21.0 Å². The summed E-state index contributed by atoms with van der Waals surface area (Å²) >= 11 is 15.1. The highest BCUT2D eigenvalue weighted by atomic mass is 79.9. The molecule has 204 valence electrons. The number of nitrogens with one attached hydrogen (secondary N) is 1. The van der Waals surface area contributed by atoms with Crippen LogP contribution in [0.4, 0.5) is 32.0 Å². The van der Waals surface area contributed by atoms with Crippen molar-refractivity contribution in [3.05, 3.63) is 91.9 Å². The molecule has 0 aromatic heterocycles. The van der Waals surface area contributed by atoms with Gasteiger partial charge in [0.05, 0.1) is 32.6 Å². The van der Waals surface area contributed by atoms with Crippen LogP contribution in [0.1, 0.15) is 16.7 Å². The third-order valence-corrected chi connectivity index (χ3v) is 8.06. The van der Waals surface area contributed by atoms with Crippen LogP contribution in [0, 0.1) is 0 Å². The summed E-state index contributed by atoms with van der Waals surface area (Å²) < 4.78 is 107. The zero-order valence-corrected chi connectivity index (χ0v) is 22.6. The number of sulfonamides is 1. The molecule has 3 rings (SSSR count). The Morgan fingerprint density at radius 3 is 1.89 bits per heavy atom. The molecule has 0 aliphatic carbocycles. The Labute approximate surface area is 231 Å². The first kappa shape index (κ1) is 30.2. The lowest BCUT2D eigenvalue weighted by atomic mass is 10.1. The van der Waals surface area contributed by atoms with Gasteiger partial charge in [0.25, 0.3) is 0 Å². The summed E-state index contributed by atoms with van der Waals surface area (Å²) in [7, 11) is -4.37. The molecule has 3 aromatic rings. The molecule has 0 bridgehead atoms. The number of carbonyl (C=O) groups is 1. The molecule has 0 saturated carbocycles. The van der Waals surface area contributed by atoms with Crippen molar-refractivity contribution in [2.24, 2.45) is 0 Å². The highest BCUT2D eigenvalue weighted by molar-refractivity contribution is 9.10. The lowest BCUT2D eigenvalue weighted by molar-refractivity contribution is -0.143. The van der Waals surface area contributed by atoms with Crippen molar-refractivity contribution in [1.82, 2.24) is 4.31 Å². The van der Waals surface area contributed by atoms with E-state index < -0.39 is 58.2 Å². The number of benzene rings is 3. The minimum absolute atomic E-state index is 0.0930. The molecule has 0 radical (unpaired) electrons. The van der Waals surface area contributed by atoms with E-state index in [4.69, 9.17) is 23.2 Å². The number of anilines is 1. The van der Waals surface area contributed by atoms with E-state index in [1.807, 2.05) is 5.32 Å². The predicted octanol–water partition coefficient (Wildman–Crippen LogP) is 7.62. The number of hydrogen-bond donors (Lipinski definition) is 1. The van der Waals surface area contributed by atoms with Crippen molar-refractivity contribution < 1.29 is 39.6 Å². The van der Waals surface area contributed by atoms with Crippen molar-refractivity contribution >= 4 is 60.7 Å². The molecule has 0 aliphatic heterocycles. The third kappa shape index (κ3) is 7.63. The van der Waals surface area contributed by atoms with Gasteiger partial charge in [0.2, 0.25) is 15.9 Å². The number of rotatable bonds is 7. The predicted molar refractivity (Wildman–Crippen MR) is 133 cm³/mol. The van der Waals surface area contributed by atoms with Crippen LogP contribution < -0.4 is 5.32 Å². The van der Waals surface area contributed by atoms with Crippen molar-refractivity contribution in [3.8, 4) is 0 Å². The molecular weight excluding hydrogens is 649 g/mol. The number of hydrogen-bond acceptors (Lipinski definition) is 3. The average Bonchev–Trinajstić information content (AvgIpc) is 2.80. The van der Waals surface area contributed by atoms with Gasteiger partial charge >= 0.3 is 12.4 Å². The molecule has 5 nitrogen and oxygen atoms in total. The molecule has 15 heteroatoms. The molecule has 1 N–H and O–H groups in total. The maximum atomic E-state index is 13.3. The molecule has 0 aliphatic rings. The normalized spacial score (nSPS) is 12.6. The van der Waals surface area contributed by atoms with Crippen molar-refractivity contribution in [1.29, 1.82) is 0 Å². The van der Waals surface area contributed by atoms with E-state index in [0.29, 0.717) is 26.5 Å². The van der Waals surface area contributed by atoms with Gasteiger partial charge in [-0.05, 0) is 60.2 Å². The van der Waals surface area contributed by atoms with Gasteiger partial charge in [-0.25, -0.2) is 8.42 Å². The quantitative estimate of drug-likeness (QED) is 0.265. The minimum Gasteiger partial charge on any atom is -0.325 e. The van der Waals surface area contributed by atoms with Crippen LogP contribution in [-0.2, 0) is 33.7 Å². The Bertz CT molecular complexity index is 1420. The van der Waals surface area contributed by atoms with Crippen LogP contribution in [0.5, 0.6) is 0 Å². The zero-order chi connectivity index (χ0) is 28.5. The van der Waals surface area contributed by atoms with E-state index >= 15 is 0 Å². The van der Waals surface area contributed by atoms with Gasteiger partial charge in [0.15, 0.2) is 0 Å². The summed E-state index contributed by atoms with van der Waals surface area (Å²) in [6, 6.07) is 10.1. The number of halogens is 9. The number of nitrogens with zero attached hydrogens (tertiary/aromatic N) is 1. The highest BCUT2D eigenvalue weighted by Gasteiger charge is 2.37. The Kier molecular flexibility index (Phi) is 9.09. The largest absolute Gasteiger partial charge is 0.416 e. The van der Waals surface area contributed by atoms with E-state index in [0.717, 1.165) is 0 Å². The Morgan fingerprint density at radius 1 is 0.842 bits per heavy atom. The summed E-state index contributed by atoms with van der Waals surface area (Å²) in [5.74, 6) is -1.18. The molecule has 0 unspecified atom stereocenters. The molecule has 0 fully saturated rings. The van der Waals surface area contributed by atoms with Crippen LogP contribution in [0.3, 0.4) is 0 Å². The second kappa shape index (κ2) is 11.4. The molecular formula is C23H15BrCl2F6N2O3S. The smallest absolute Gasteiger partial charge is 0.325 e. The van der Waals surface area contributed by atoms with Gasteiger partial charge in [-0.1, -0.05) is 45.2 Å². The third-order valence-electron chi connectivity index (χ3n) is 4.99. The van der Waals surface area contributed by atoms with Gasteiger partial charge < -0.3 is 5.32 Å². The number of amides is 1. The van der Waals surface area contributed by atoms with Crippen LogP contribution in [-0.4, -0.2) is 25.2 Å². The SMILES string of the molecule is O=C(CN(Cc1ccc(Cl)c(Cl)c1)S(=O)(=O)c1ccc(Br)cc1)Nc1cc(C(F)(F)F)cc(C(F)(F)F)c1. The second-order valence-electron chi connectivity index (χ2n) is 7.82. The van der Waals surface area contributed by atoms with Crippen molar-refractivity contribution in [2.45, 2.75) is 23.8 Å². The fourth-order valence-electron chi connectivity index (χ4n) is 3.21. The van der Waals surface area contributed by atoms with E-state index in [1.54, 1.807) is 0 Å². The second-order valence-corrected chi connectivity index (χ2v) is 11.5. The Balaban J connectivity index is 1.96. The average molecular weight is 664 g/mol. The first-order valence-corrected chi connectivity index (χ1v) is 13.2. The molecule has 3 aromatic carbocycles. The summed E-state index contributed by atoms with van der Waals surface area (Å²) in [6.07, 6.45) is -10.3. The van der Waals surface area contributed by atoms with Gasteiger partial charge in [0.1, 0.15) is 0 Å². The monoisotopic (exact) mass is 662 g/mol. The Hall–Kier alpha value is -2.32. The van der Waals surface area contributed by atoms with Crippen molar-refractivity contribution in [3.63, 3.8) is 0 Å². The van der Waals surface area contributed by atoms with Gasteiger partial charge in [-0.15, -0.1) is 0 Å². The number of carbonyl (C=O) groups excluding carboxylic acids is 1. The molecule has 0 heterocycles. The standard InChI is InChI=1S/C23H15BrCl2F6N2O3S/c24-16-2-4-18(5-3-16)38(36,37)34(11-13-1-6-19(25)20(26)7-13)12-21(35)33-17-9-14(22(27,28)29)8-15(10-17)23(30,31)32/h1-10H,11-12H2,(H,33,35). The fraction of sp³-hybridized carbons (Fsp3) is 0.174. The van der Waals surface area contributed by atoms with Crippen molar-refractivity contribution in [2.75, 3.05) is 11.9 Å². The summed E-state index contributed by atoms with van der Waals surface area (Å²) in [5.41, 5.74) is -3.78. The minimum atomic E-state index is -5.13. The lowest BCUT2D eigenvalue weighted by Gasteiger charge is -2.22. The summed E-state index contributed by atoms with van der Waals surface area (Å²) in [6.45, 7) is -1.37. The first-order chi connectivity index (χ1) is 17.5. The van der Waals surface area contributed by atoms with Crippen LogP contribution in [0.2, 0.25) is 10.0 Å². The van der Waals surface area contributed by atoms with E-state index in [9.17, 15) is 39.6 Å². The van der Waals surface area contributed by atoms with Crippen LogP contribution >= 0.6 is 39.1 Å². The molecule has 0 spiro atoms. The van der Waals surface area contributed by atoms with E-state index in [1.165, 1.54) is 42.5 Å². The summed E-state index contributed by atoms with van der Waals surface area (Å²) in [4.78, 5) is 12.5. The maximum absolute atomic E-state index is 13.3. The molecule has 0 atom stereocenters. The molecule has 1 amide bonds. The zero-order valence-electron chi connectivity index (χ0n) is 18.7. The topological polar surface area (TPSA) is 66.5 Å². The lowest BCUT2D eigenvalue weighted by Crippen LogP contribution is -2.37. The molecule has 0 saturated heterocycles. The van der Waals surface area contributed by atoms with Gasteiger partial charge in [0, 0.05) is 16.7 Å². The van der Waals surface area contributed by atoms with Crippen LogP contribution in [0.15, 0.2) is 70.0 Å². The van der Waals surface area contributed by atoms with Crippen LogP contribution in [0.25, 0.3) is 0 Å². The van der Waals surface area contributed by atoms with E-state index in [2.05, 4.69) is 15.9 Å². The van der Waals surface area contributed by atoms with Gasteiger partial charge in [-0.3, -0.25) is 4.79 Å². The fourth-order valence-corrected chi connectivity index (χ4v) is 5.18. The first-order valence-electron chi connectivity index (χ1n) is 10.3. The Morgan fingerprint density at radius 2 is 1.39 bits per heavy atom.